The number of methoxy groups -OCH3 is 1. The maximum absolute atomic E-state index is 5.34. The second kappa shape index (κ2) is 9.09. The highest BCUT2D eigenvalue weighted by Gasteiger charge is 2.17. The van der Waals surface area contributed by atoms with Crippen LogP contribution in [0.5, 0.6) is 5.75 Å². The molecule has 0 aliphatic heterocycles. The van der Waals surface area contributed by atoms with Crippen LogP contribution in [0, 0.1) is 5.92 Å². The topological polar surface area (TPSA) is 21.3 Å². The van der Waals surface area contributed by atoms with Gasteiger partial charge in [0.1, 0.15) is 5.75 Å². The van der Waals surface area contributed by atoms with Gasteiger partial charge in [0, 0.05) is 6.04 Å². The van der Waals surface area contributed by atoms with Crippen LogP contribution < -0.4 is 10.1 Å². The molecule has 1 atom stereocenters. The van der Waals surface area contributed by atoms with E-state index in [9.17, 15) is 0 Å². The van der Waals surface area contributed by atoms with Crippen LogP contribution in [0.2, 0.25) is 0 Å². The van der Waals surface area contributed by atoms with E-state index in [0.29, 0.717) is 6.04 Å². The number of ether oxygens (including phenoxy) is 1. The van der Waals surface area contributed by atoms with Crippen molar-refractivity contribution < 1.29 is 4.74 Å². The standard InChI is InChI=1S/C19H31NO/c1-3-13-20-18(12-11-16-7-4-5-8-16)14-17-9-6-10-19(15-17)21-2/h6,9-10,15-16,18,20H,3-5,7-8,11-14H2,1-2H3. The molecule has 1 aliphatic carbocycles. The quantitative estimate of drug-likeness (QED) is 0.718. The first-order chi connectivity index (χ1) is 10.3. The monoisotopic (exact) mass is 289 g/mol. The molecule has 0 amide bonds. The van der Waals surface area contributed by atoms with Crippen molar-refractivity contribution in [1.82, 2.24) is 5.32 Å². The summed E-state index contributed by atoms with van der Waals surface area (Å²) in [7, 11) is 1.74. The molecule has 1 aliphatic rings. The van der Waals surface area contributed by atoms with Crippen molar-refractivity contribution in [2.75, 3.05) is 13.7 Å². The van der Waals surface area contributed by atoms with Crippen LogP contribution in [0.15, 0.2) is 24.3 Å². The summed E-state index contributed by atoms with van der Waals surface area (Å²) in [4.78, 5) is 0. The predicted molar refractivity (Wildman–Crippen MR) is 90.0 cm³/mol. The van der Waals surface area contributed by atoms with E-state index in [1.807, 2.05) is 6.07 Å². The van der Waals surface area contributed by atoms with Crippen LogP contribution >= 0.6 is 0 Å². The van der Waals surface area contributed by atoms with Crippen molar-refractivity contribution in [3.05, 3.63) is 29.8 Å². The molecule has 118 valence electrons. The van der Waals surface area contributed by atoms with Gasteiger partial charge in [-0.2, -0.15) is 0 Å². The van der Waals surface area contributed by atoms with Crippen molar-refractivity contribution in [3.63, 3.8) is 0 Å². The summed E-state index contributed by atoms with van der Waals surface area (Å²) in [5.74, 6) is 1.96. The summed E-state index contributed by atoms with van der Waals surface area (Å²) in [5.41, 5.74) is 1.38. The lowest BCUT2D eigenvalue weighted by Gasteiger charge is -2.21. The Balaban J connectivity index is 1.87. The Morgan fingerprint density at radius 1 is 1.29 bits per heavy atom. The van der Waals surface area contributed by atoms with Gasteiger partial charge < -0.3 is 10.1 Å². The second-order valence-corrected chi connectivity index (χ2v) is 6.43. The third-order valence-electron chi connectivity index (χ3n) is 4.70. The Hall–Kier alpha value is -1.02. The van der Waals surface area contributed by atoms with Crippen LogP contribution in [0.4, 0.5) is 0 Å². The highest BCUT2D eigenvalue weighted by molar-refractivity contribution is 5.28. The highest BCUT2D eigenvalue weighted by atomic mass is 16.5. The number of hydrogen-bond acceptors (Lipinski definition) is 2. The van der Waals surface area contributed by atoms with E-state index in [4.69, 9.17) is 4.74 Å². The second-order valence-electron chi connectivity index (χ2n) is 6.43. The molecule has 0 spiro atoms. The summed E-state index contributed by atoms with van der Waals surface area (Å²) in [6.07, 6.45) is 10.8. The molecule has 1 aromatic rings. The fourth-order valence-electron chi connectivity index (χ4n) is 3.44. The molecule has 0 radical (unpaired) electrons. The summed E-state index contributed by atoms with van der Waals surface area (Å²) in [6, 6.07) is 9.13. The van der Waals surface area contributed by atoms with Crippen LogP contribution in [0.25, 0.3) is 0 Å². The van der Waals surface area contributed by atoms with Gasteiger partial charge in [-0.1, -0.05) is 44.7 Å². The Kier molecular flexibility index (Phi) is 7.08. The van der Waals surface area contributed by atoms with Crippen molar-refractivity contribution in [3.8, 4) is 5.75 Å². The molecule has 1 aromatic carbocycles. The molecule has 1 saturated carbocycles. The van der Waals surface area contributed by atoms with Gasteiger partial charge in [-0.25, -0.2) is 0 Å². The first kappa shape index (κ1) is 16.4. The lowest BCUT2D eigenvalue weighted by molar-refractivity contribution is 0.399. The minimum atomic E-state index is 0.609. The van der Waals surface area contributed by atoms with Crippen molar-refractivity contribution in [1.29, 1.82) is 0 Å². The van der Waals surface area contributed by atoms with Crippen molar-refractivity contribution in [2.45, 2.75) is 64.3 Å². The Labute approximate surface area is 130 Å². The summed E-state index contributed by atoms with van der Waals surface area (Å²) < 4.78 is 5.34. The Morgan fingerprint density at radius 2 is 2.10 bits per heavy atom. The molecule has 21 heavy (non-hydrogen) atoms. The van der Waals surface area contributed by atoms with Crippen LogP contribution in [0.3, 0.4) is 0 Å². The smallest absolute Gasteiger partial charge is 0.119 e. The molecule has 2 heteroatoms. The first-order valence-electron chi connectivity index (χ1n) is 8.68. The molecule has 0 aromatic heterocycles. The maximum atomic E-state index is 5.34. The first-order valence-corrected chi connectivity index (χ1v) is 8.68. The van der Waals surface area contributed by atoms with E-state index in [2.05, 4.69) is 30.4 Å². The Morgan fingerprint density at radius 3 is 2.81 bits per heavy atom. The maximum Gasteiger partial charge on any atom is 0.119 e. The van der Waals surface area contributed by atoms with Gasteiger partial charge in [0.15, 0.2) is 0 Å². The number of benzene rings is 1. The number of nitrogens with one attached hydrogen (secondary N) is 1. The van der Waals surface area contributed by atoms with E-state index >= 15 is 0 Å². The third-order valence-corrected chi connectivity index (χ3v) is 4.70. The Bertz CT molecular complexity index is 398. The fourth-order valence-corrected chi connectivity index (χ4v) is 3.44. The van der Waals surface area contributed by atoms with Gasteiger partial charge in [0.25, 0.3) is 0 Å². The van der Waals surface area contributed by atoms with Crippen LogP contribution in [0.1, 0.15) is 57.4 Å². The van der Waals surface area contributed by atoms with E-state index in [1.165, 1.54) is 50.5 Å². The molecule has 1 fully saturated rings. The van der Waals surface area contributed by atoms with Gasteiger partial charge in [-0.15, -0.1) is 0 Å². The fraction of sp³-hybridized carbons (Fsp3) is 0.684. The molecule has 0 heterocycles. The predicted octanol–water partition coefficient (Wildman–Crippen LogP) is 4.58. The molecular formula is C19H31NO. The molecule has 2 rings (SSSR count). The number of rotatable bonds is 9. The minimum Gasteiger partial charge on any atom is -0.497 e. The zero-order valence-electron chi connectivity index (χ0n) is 13.7. The third kappa shape index (κ3) is 5.70. The minimum absolute atomic E-state index is 0.609. The molecule has 0 saturated heterocycles. The molecule has 1 unspecified atom stereocenters. The molecule has 2 nitrogen and oxygen atoms in total. The lowest BCUT2D eigenvalue weighted by atomic mass is 9.95. The summed E-state index contributed by atoms with van der Waals surface area (Å²) in [6.45, 7) is 3.37. The van der Waals surface area contributed by atoms with E-state index < -0.39 is 0 Å². The number of hydrogen-bond donors (Lipinski definition) is 1. The molecule has 0 bridgehead atoms. The van der Waals surface area contributed by atoms with Gasteiger partial charge in [0.2, 0.25) is 0 Å². The van der Waals surface area contributed by atoms with Gasteiger partial charge in [-0.3, -0.25) is 0 Å². The van der Waals surface area contributed by atoms with Crippen LogP contribution in [-0.2, 0) is 6.42 Å². The largest absolute Gasteiger partial charge is 0.497 e. The van der Waals surface area contributed by atoms with Crippen molar-refractivity contribution >= 4 is 0 Å². The zero-order chi connectivity index (χ0) is 14.9. The van der Waals surface area contributed by atoms with Gasteiger partial charge in [-0.05, 0) is 55.8 Å². The van der Waals surface area contributed by atoms with Crippen LogP contribution in [-0.4, -0.2) is 19.7 Å². The molecule has 1 N–H and O–H groups in total. The van der Waals surface area contributed by atoms with Crippen molar-refractivity contribution in [2.24, 2.45) is 5.92 Å². The van der Waals surface area contributed by atoms with Gasteiger partial charge >= 0.3 is 0 Å². The average Bonchev–Trinajstić information content (AvgIpc) is 3.03. The van der Waals surface area contributed by atoms with E-state index in [0.717, 1.165) is 24.6 Å². The van der Waals surface area contributed by atoms with E-state index in [-0.39, 0.29) is 0 Å². The zero-order valence-corrected chi connectivity index (χ0v) is 13.7. The normalized spacial score (nSPS) is 17.0. The average molecular weight is 289 g/mol. The van der Waals surface area contributed by atoms with E-state index in [1.54, 1.807) is 7.11 Å². The lowest BCUT2D eigenvalue weighted by Crippen LogP contribution is -2.32. The SMILES string of the molecule is CCCNC(CCC1CCCC1)Cc1cccc(OC)c1. The van der Waals surface area contributed by atoms with Gasteiger partial charge in [0.05, 0.1) is 7.11 Å². The molecular weight excluding hydrogens is 258 g/mol. The summed E-state index contributed by atoms with van der Waals surface area (Å²) in [5, 5.41) is 3.74. The summed E-state index contributed by atoms with van der Waals surface area (Å²) >= 11 is 0. The highest BCUT2D eigenvalue weighted by Crippen LogP contribution is 2.29.